The first-order valence-electron chi connectivity index (χ1n) is 7.07. The van der Waals surface area contributed by atoms with E-state index in [1.165, 1.54) is 0 Å². The minimum absolute atomic E-state index is 0.0675. The number of carboxylic acid groups (broad SMARTS) is 1. The van der Waals surface area contributed by atoms with Crippen molar-refractivity contribution in [3.05, 3.63) is 24.3 Å². The molecule has 1 aliphatic rings. The van der Waals surface area contributed by atoms with E-state index in [4.69, 9.17) is 4.74 Å². The van der Waals surface area contributed by atoms with Gasteiger partial charge in [0.25, 0.3) is 5.91 Å². The van der Waals surface area contributed by atoms with E-state index in [9.17, 15) is 14.7 Å². The minimum atomic E-state index is -0.975. The topological polar surface area (TPSA) is 82.9 Å². The number of carbonyl (C=O) groups excluding carboxylic acids is 2. The van der Waals surface area contributed by atoms with E-state index in [2.05, 4.69) is 5.32 Å². The second kappa shape index (κ2) is 7.08. The molecule has 1 heterocycles. The zero-order chi connectivity index (χ0) is 15.2. The largest absolute Gasteiger partial charge is 0.550 e. The van der Waals surface area contributed by atoms with Crippen molar-refractivity contribution >= 4 is 17.6 Å². The Balaban J connectivity index is 1.78. The van der Waals surface area contributed by atoms with E-state index < -0.39 is 5.97 Å². The van der Waals surface area contributed by atoms with Gasteiger partial charge in [0.1, 0.15) is 5.75 Å². The SMILES string of the molecule is COc1ccc(NC(=O)C[NH+]2CCC(C(=O)[O-])CC2)cc1. The lowest BCUT2D eigenvalue weighted by atomic mass is 9.97. The van der Waals surface area contributed by atoms with Crippen LogP contribution in [0.3, 0.4) is 0 Å². The molecule has 0 saturated carbocycles. The summed E-state index contributed by atoms with van der Waals surface area (Å²) >= 11 is 0. The number of quaternary nitrogens is 1. The molecule has 0 radical (unpaired) electrons. The highest BCUT2D eigenvalue weighted by molar-refractivity contribution is 5.91. The van der Waals surface area contributed by atoms with Crippen molar-refractivity contribution in [1.29, 1.82) is 0 Å². The predicted molar refractivity (Wildman–Crippen MR) is 74.9 cm³/mol. The summed E-state index contributed by atoms with van der Waals surface area (Å²) in [5.74, 6) is -0.667. The summed E-state index contributed by atoms with van der Waals surface area (Å²) in [6, 6.07) is 7.14. The van der Waals surface area contributed by atoms with Crippen molar-refractivity contribution in [2.75, 3.05) is 32.1 Å². The van der Waals surface area contributed by atoms with Crippen molar-refractivity contribution in [1.82, 2.24) is 0 Å². The highest BCUT2D eigenvalue weighted by atomic mass is 16.5. The monoisotopic (exact) mass is 292 g/mol. The summed E-state index contributed by atoms with van der Waals surface area (Å²) in [6.07, 6.45) is 1.15. The van der Waals surface area contributed by atoms with Crippen molar-refractivity contribution < 1.29 is 24.3 Å². The van der Waals surface area contributed by atoms with Gasteiger partial charge in [0.05, 0.1) is 20.2 Å². The Kier molecular flexibility index (Phi) is 5.16. The summed E-state index contributed by atoms with van der Waals surface area (Å²) in [5, 5.41) is 13.6. The van der Waals surface area contributed by atoms with Gasteiger partial charge in [0.2, 0.25) is 0 Å². The fourth-order valence-corrected chi connectivity index (χ4v) is 2.55. The van der Waals surface area contributed by atoms with Crippen LogP contribution in [-0.2, 0) is 9.59 Å². The molecular weight excluding hydrogens is 272 g/mol. The van der Waals surface area contributed by atoms with Crippen molar-refractivity contribution in [2.24, 2.45) is 5.92 Å². The zero-order valence-corrected chi connectivity index (χ0v) is 12.1. The van der Waals surface area contributed by atoms with Gasteiger partial charge < -0.3 is 24.9 Å². The zero-order valence-electron chi connectivity index (χ0n) is 12.1. The molecule has 0 unspecified atom stereocenters. The van der Waals surface area contributed by atoms with Crippen LogP contribution in [0.1, 0.15) is 12.8 Å². The first kappa shape index (κ1) is 15.3. The number of ether oxygens (including phenoxy) is 1. The van der Waals surface area contributed by atoms with Gasteiger partial charge in [-0.05, 0) is 24.3 Å². The Bertz CT molecular complexity index is 493. The van der Waals surface area contributed by atoms with Crippen molar-refractivity contribution in [3.8, 4) is 5.75 Å². The number of methoxy groups -OCH3 is 1. The van der Waals surface area contributed by atoms with Crippen LogP contribution in [0.2, 0.25) is 0 Å². The number of nitrogens with one attached hydrogen (secondary N) is 2. The maximum Gasteiger partial charge on any atom is 0.279 e. The first-order chi connectivity index (χ1) is 10.1. The lowest BCUT2D eigenvalue weighted by Crippen LogP contribution is -3.14. The van der Waals surface area contributed by atoms with Gasteiger partial charge in [0.15, 0.2) is 6.54 Å². The third-order valence-corrected chi connectivity index (χ3v) is 3.81. The van der Waals surface area contributed by atoms with Gasteiger partial charge in [0, 0.05) is 30.4 Å². The molecule has 1 aromatic carbocycles. The highest BCUT2D eigenvalue weighted by Gasteiger charge is 2.24. The molecule has 1 aliphatic heterocycles. The van der Waals surface area contributed by atoms with Crippen molar-refractivity contribution in [3.63, 3.8) is 0 Å². The highest BCUT2D eigenvalue weighted by Crippen LogP contribution is 2.14. The van der Waals surface area contributed by atoms with E-state index in [0.29, 0.717) is 32.5 Å². The molecule has 0 atom stereocenters. The Labute approximate surface area is 123 Å². The van der Waals surface area contributed by atoms with E-state index in [0.717, 1.165) is 16.3 Å². The molecule has 6 nitrogen and oxygen atoms in total. The van der Waals surface area contributed by atoms with Crippen LogP contribution in [0.15, 0.2) is 24.3 Å². The second-order valence-corrected chi connectivity index (χ2v) is 5.30. The lowest BCUT2D eigenvalue weighted by molar-refractivity contribution is -0.897. The number of piperidine rings is 1. The molecule has 0 aromatic heterocycles. The number of hydrogen-bond acceptors (Lipinski definition) is 4. The molecular formula is C15H20N2O4. The molecule has 2 N–H and O–H groups in total. The van der Waals surface area contributed by atoms with E-state index >= 15 is 0 Å². The van der Waals surface area contributed by atoms with Gasteiger partial charge in [-0.1, -0.05) is 0 Å². The van der Waals surface area contributed by atoms with Gasteiger partial charge in [-0.15, -0.1) is 0 Å². The number of amides is 1. The molecule has 114 valence electrons. The van der Waals surface area contributed by atoms with Gasteiger partial charge >= 0.3 is 0 Å². The number of benzene rings is 1. The maximum absolute atomic E-state index is 12.0. The lowest BCUT2D eigenvalue weighted by Gasteiger charge is -2.29. The third kappa shape index (κ3) is 4.46. The predicted octanol–water partition coefficient (Wildman–Crippen LogP) is -1.32. The summed E-state index contributed by atoms with van der Waals surface area (Å²) in [4.78, 5) is 23.8. The third-order valence-electron chi connectivity index (χ3n) is 3.81. The van der Waals surface area contributed by atoms with E-state index in [-0.39, 0.29) is 11.8 Å². The molecule has 1 amide bonds. The summed E-state index contributed by atoms with van der Waals surface area (Å²) in [5.41, 5.74) is 0.727. The molecule has 1 fully saturated rings. The van der Waals surface area contributed by atoms with E-state index in [1.807, 2.05) is 0 Å². The first-order valence-corrected chi connectivity index (χ1v) is 7.07. The molecule has 0 bridgehead atoms. The number of carbonyl (C=O) groups is 2. The maximum atomic E-state index is 12.0. The minimum Gasteiger partial charge on any atom is -0.550 e. The molecule has 1 saturated heterocycles. The number of hydrogen-bond donors (Lipinski definition) is 2. The average molecular weight is 292 g/mol. The molecule has 2 rings (SSSR count). The van der Waals surface area contributed by atoms with Crippen LogP contribution in [0, 0.1) is 5.92 Å². The molecule has 1 aromatic rings. The van der Waals surface area contributed by atoms with Gasteiger partial charge in [-0.25, -0.2) is 0 Å². The Morgan fingerprint density at radius 1 is 1.29 bits per heavy atom. The molecule has 6 heteroatoms. The van der Waals surface area contributed by atoms with Crippen LogP contribution in [0.4, 0.5) is 5.69 Å². The fourth-order valence-electron chi connectivity index (χ4n) is 2.55. The fraction of sp³-hybridized carbons (Fsp3) is 0.467. The van der Waals surface area contributed by atoms with Crippen LogP contribution in [0.5, 0.6) is 5.75 Å². The summed E-state index contributed by atoms with van der Waals surface area (Å²) in [7, 11) is 1.59. The Morgan fingerprint density at radius 3 is 2.43 bits per heavy atom. The van der Waals surface area contributed by atoms with Crippen molar-refractivity contribution in [2.45, 2.75) is 12.8 Å². The summed E-state index contributed by atoms with van der Waals surface area (Å²) in [6.45, 7) is 1.73. The average Bonchev–Trinajstić information content (AvgIpc) is 2.48. The number of aliphatic carboxylic acids is 1. The molecule has 0 spiro atoms. The quantitative estimate of drug-likeness (QED) is 0.705. The van der Waals surface area contributed by atoms with Crippen LogP contribution >= 0.6 is 0 Å². The number of rotatable bonds is 5. The molecule has 21 heavy (non-hydrogen) atoms. The Hall–Kier alpha value is -2.08. The summed E-state index contributed by atoms with van der Waals surface area (Å²) < 4.78 is 5.06. The van der Waals surface area contributed by atoms with Crippen LogP contribution in [0.25, 0.3) is 0 Å². The van der Waals surface area contributed by atoms with E-state index in [1.54, 1.807) is 31.4 Å². The number of carboxylic acids is 1. The second-order valence-electron chi connectivity index (χ2n) is 5.30. The molecule has 0 aliphatic carbocycles. The standard InChI is InChI=1S/C15H20N2O4/c1-21-13-4-2-12(3-5-13)16-14(18)10-17-8-6-11(7-9-17)15(19)20/h2-5,11H,6-10H2,1H3,(H,16,18)(H,19,20). The number of likely N-dealkylation sites (tertiary alicyclic amines) is 1. The van der Waals surface area contributed by atoms with Gasteiger partial charge in [-0.2, -0.15) is 0 Å². The normalized spacial score (nSPS) is 21.6. The number of anilines is 1. The van der Waals surface area contributed by atoms with Crippen LogP contribution < -0.4 is 20.1 Å². The smallest absolute Gasteiger partial charge is 0.279 e. The van der Waals surface area contributed by atoms with Gasteiger partial charge in [-0.3, -0.25) is 4.79 Å². The Morgan fingerprint density at radius 2 is 1.90 bits per heavy atom. The van der Waals surface area contributed by atoms with Crippen LogP contribution in [-0.4, -0.2) is 38.6 Å².